The van der Waals surface area contributed by atoms with Crippen LogP contribution in [-0.4, -0.2) is 25.2 Å². The molecule has 1 aliphatic rings. The standard InChI is InChI=1S/C9H22N2.C6H14N2/c1-8(7-11)6-9(2,3)4-5-10;7-5-2-1-3-6(8)4-5/h8H,4-7,10-11H2,1-3H3;5-6H,1-4,7-8H2. The molecule has 4 nitrogen and oxygen atoms in total. The van der Waals surface area contributed by atoms with Crippen LogP contribution in [0.25, 0.3) is 0 Å². The van der Waals surface area contributed by atoms with E-state index in [1.54, 1.807) is 0 Å². The molecule has 0 aromatic rings. The van der Waals surface area contributed by atoms with E-state index in [4.69, 9.17) is 22.9 Å². The lowest BCUT2D eigenvalue weighted by molar-refractivity contribution is 0.264. The van der Waals surface area contributed by atoms with Gasteiger partial charge in [-0.1, -0.05) is 27.2 Å². The van der Waals surface area contributed by atoms with E-state index < -0.39 is 0 Å². The minimum absolute atomic E-state index is 0.369. The fourth-order valence-electron chi connectivity index (χ4n) is 2.79. The maximum atomic E-state index is 5.65. The van der Waals surface area contributed by atoms with Gasteiger partial charge in [-0.15, -0.1) is 0 Å². The van der Waals surface area contributed by atoms with Crippen LogP contribution in [0.1, 0.15) is 59.3 Å². The van der Waals surface area contributed by atoms with Crippen LogP contribution in [0.4, 0.5) is 0 Å². The number of nitrogens with two attached hydrogens (primary N) is 4. The van der Waals surface area contributed by atoms with Crippen LogP contribution in [0.5, 0.6) is 0 Å². The quantitative estimate of drug-likeness (QED) is 0.609. The average Bonchev–Trinajstić information content (AvgIpc) is 2.28. The molecule has 0 heterocycles. The average molecular weight is 272 g/mol. The van der Waals surface area contributed by atoms with Gasteiger partial charge in [0.15, 0.2) is 0 Å². The van der Waals surface area contributed by atoms with Crippen LogP contribution in [0.3, 0.4) is 0 Å². The molecule has 3 unspecified atom stereocenters. The maximum absolute atomic E-state index is 5.65. The first-order valence-electron chi connectivity index (χ1n) is 7.72. The first-order chi connectivity index (χ1) is 8.80. The molecule has 0 bridgehead atoms. The number of rotatable bonds is 5. The SMILES string of the molecule is CC(CN)CC(C)(C)CCN.NC1CCCC(N)C1. The molecule has 0 aromatic carbocycles. The van der Waals surface area contributed by atoms with Gasteiger partial charge in [-0.2, -0.15) is 0 Å². The molecule has 0 saturated heterocycles. The Balaban J connectivity index is 0.000000356. The highest BCUT2D eigenvalue weighted by molar-refractivity contribution is 4.76. The zero-order chi connectivity index (χ0) is 14.9. The third kappa shape index (κ3) is 10.3. The van der Waals surface area contributed by atoms with E-state index >= 15 is 0 Å². The predicted molar refractivity (Wildman–Crippen MR) is 84.7 cm³/mol. The summed E-state index contributed by atoms with van der Waals surface area (Å²) in [5.41, 5.74) is 22.7. The summed E-state index contributed by atoms with van der Waals surface area (Å²) in [6.07, 6.45) is 6.88. The molecule has 0 aliphatic heterocycles. The van der Waals surface area contributed by atoms with Gasteiger partial charge < -0.3 is 22.9 Å². The molecule has 0 amide bonds. The van der Waals surface area contributed by atoms with Gasteiger partial charge in [-0.25, -0.2) is 0 Å². The summed E-state index contributed by atoms with van der Waals surface area (Å²) in [6, 6.07) is 0.775. The van der Waals surface area contributed by atoms with Crippen molar-refractivity contribution in [3.05, 3.63) is 0 Å². The first-order valence-corrected chi connectivity index (χ1v) is 7.72. The van der Waals surface area contributed by atoms with Crippen molar-refractivity contribution in [2.75, 3.05) is 13.1 Å². The number of hydrogen-bond donors (Lipinski definition) is 4. The normalized spacial score (nSPS) is 25.4. The molecular weight excluding hydrogens is 236 g/mol. The summed E-state index contributed by atoms with van der Waals surface area (Å²) in [7, 11) is 0. The lowest BCUT2D eigenvalue weighted by Crippen LogP contribution is -2.35. The van der Waals surface area contributed by atoms with Crippen molar-refractivity contribution in [2.45, 2.75) is 71.4 Å². The molecule has 3 atom stereocenters. The Morgan fingerprint density at radius 2 is 1.63 bits per heavy atom. The zero-order valence-electron chi connectivity index (χ0n) is 13.2. The molecule has 4 heteroatoms. The Hall–Kier alpha value is -0.160. The Morgan fingerprint density at radius 1 is 1.11 bits per heavy atom. The third-order valence-electron chi connectivity index (χ3n) is 3.88. The largest absolute Gasteiger partial charge is 0.330 e. The van der Waals surface area contributed by atoms with Crippen LogP contribution >= 0.6 is 0 Å². The predicted octanol–water partition coefficient (Wildman–Crippen LogP) is 1.56. The first kappa shape index (κ1) is 18.8. The Labute approximate surface area is 119 Å². The van der Waals surface area contributed by atoms with Crippen LogP contribution < -0.4 is 22.9 Å². The van der Waals surface area contributed by atoms with Gasteiger partial charge in [0.1, 0.15) is 0 Å². The smallest absolute Gasteiger partial charge is 0.00535 e. The highest BCUT2D eigenvalue weighted by Crippen LogP contribution is 2.27. The van der Waals surface area contributed by atoms with Gasteiger partial charge in [0.25, 0.3) is 0 Å². The molecule has 8 N–H and O–H groups in total. The lowest BCUT2D eigenvalue weighted by atomic mass is 9.81. The molecule has 1 rings (SSSR count). The van der Waals surface area contributed by atoms with Crippen LogP contribution in [0.15, 0.2) is 0 Å². The summed E-state index contributed by atoms with van der Waals surface area (Å²) in [4.78, 5) is 0. The van der Waals surface area contributed by atoms with E-state index in [1.807, 2.05) is 0 Å². The molecule has 0 radical (unpaired) electrons. The van der Waals surface area contributed by atoms with Crippen LogP contribution in [-0.2, 0) is 0 Å². The molecule has 1 saturated carbocycles. The molecule has 1 aliphatic carbocycles. The summed E-state index contributed by atoms with van der Waals surface area (Å²) in [5.74, 6) is 0.622. The highest BCUT2D eigenvalue weighted by atomic mass is 14.7. The van der Waals surface area contributed by atoms with Gasteiger partial charge in [-0.3, -0.25) is 0 Å². The van der Waals surface area contributed by atoms with E-state index in [-0.39, 0.29) is 0 Å². The molecular formula is C15H36N4. The molecule has 1 fully saturated rings. The zero-order valence-corrected chi connectivity index (χ0v) is 13.2. The van der Waals surface area contributed by atoms with Crippen molar-refractivity contribution in [1.29, 1.82) is 0 Å². The van der Waals surface area contributed by atoms with Gasteiger partial charge in [0.05, 0.1) is 0 Å². The van der Waals surface area contributed by atoms with E-state index in [2.05, 4.69) is 20.8 Å². The van der Waals surface area contributed by atoms with E-state index in [9.17, 15) is 0 Å². The fraction of sp³-hybridized carbons (Fsp3) is 1.00. The van der Waals surface area contributed by atoms with Crippen molar-refractivity contribution >= 4 is 0 Å². The topological polar surface area (TPSA) is 104 Å². The second kappa shape index (κ2) is 9.70. The minimum Gasteiger partial charge on any atom is -0.330 e. The second-order valence-corrected chi connectivity index (χ2v) is 6.93. The monoisotopic (exact) mass is 272 g/mol. The third-order valence-corrected chi connectivity index (χ3v) is 3.88. The van der Waals surface area contributed by atoms with Crippen molar-refractivity contribution in [3.8, 4) is 0 Å². The van der Waals surface area contributed by atoms with Gasteiger partial charge in [0, 0.05) is 12.1 Å². The van der Waals surface area contributed by atoms with Crippen molar-refractivity contribution in [2.24, 2.45) is 34.3 Å². The van der Waals surface area contributed by atoms with E-state index in [0.29, 0.717) is 23.4 Å². The van der Waals surface area contributed by atoms with Crippen LogP contribution in [0, 0.1) is 11.3 Å². The summed E-state index contributed by atoms with van der Waals surface area (Å²) in [6.45, 7) is 8.27. The number of hydrogen-bond acceptors (Lipinski definition) is 4. The fourth-order valence-corrected chi connectivity index (χ4v) is 2.79. The van der Waals surface area contributed by atoms with Crippen molar-refractivity contribution in [1.82, 2.24) is 0 Å². The van der Waals surface area contributed by atoms with Crippen molar-refractivity contribution < 1.29 is 0 Å². The Morgan fingerprint density at radius 3 is 1.95 bits per heavy atom. The molecule has 116 valence electrons. The van der Waals surface area contributed by atoms with E-state index in [1.165, 1.54) is 25.7 Å². The second-order valence-electron chi connectivity index (χ2n) is 6.93. The van der Waals surface area contributed by atoms with Gasteiger partial charge in [-0.05, 0) is 56.5 Å². The lowest BCUT2D eigenvalue weighted by Gasteiger charge is -2.26. The summed E-state index contributed by atoms with van der Waals surface area (Å²) in [5, 5.41) is 0. The summed E-state index contributed by atoms with van der Waals surface area (Å²) >= 11 is 0. The summed E-state index contributed by atoms with van der Waals surface area (Å²) < 4.78 is 0. The maximum Gasteiger partial charge on any atom is 0.00535 e. The Bertz CT molecular complexity index is 210. The Kier molecular flexibility index (Phi) is 9.62. The molecule has 0 aromatic heterocycles. The molecule has 0 spiro atoms. The minimum atomic E-state index is 0.369. The van der Waals surface area contributed by atoms with Crippen LogP contribution in [0.2, 0.25) is 0 Å². The van der Waals surface area contributed by atoms with Crippen molar-refractivity contribution in [3.63, 3.8) is 0 Å². The highest BCUT2D eigenvalue weighted by Gasteiger charge is 2.19. The van der Waals surface area contributed by atoms with Gasteiger partial charge in [0.2, 0.25) is 0 Å². The molecule has 19 heavy (non-hydrogen) atoms. The van der Waals surface area contributed by atoms with Gasteiger partial charge >= 0.3 is 0 Å². The van der Waals surface area contributed by atoms with E-state index in [0.717, 1.165) is 25.9 Å².